The van der Waals surface area contributed by atoms with Crippen LogP contribution in [0.2, 0.25) is 0 Å². The van der Waals surface area contributed by atoms with Gasteiger partial charge in [0, 0.05) is 0 Å². The molecule has 0 fully saturated rings. The van der Waals surface area contributed by atoms with Crippen LogP contribution >= 0.6 is 0 Å². The van der Waals surface area contributed by atoms with E-state index in [0.717, 1.165) is 12.8 Å². The Morgan fingerprint density at radius 1 is 0.435 bits per heavy atom. The van der Waals surface area contributed by atoms with Crippen molar-refractivity contribution in [1.29, 1.82) is 0 Å². The Labute approximate surface area is 139 Å². The zero-order chi connectivity index (χ0) is 16.2. The van der Waals surface area contributed by atoms with E-state index in [9.17, 15) is 0 Å². The van der Waals surface area contributed by atoms with Gasteiger partial charge in [-0.1, -0.05) is 83.4 Å². The maximum Gasteiger partial charge on any atom is -0.00256 e. The third-order valence-electron chi connectivity index (χ3n) is 4.25. The van der Waals surface area contributed by atoms with Gasteiger partial charge in [-0.3, -0.25) is 0 Å². The van der Waals surface area contributed by atoms with Crippen LogP contribution in [0.1, 0.15) is 38.9 Å². The summed E-state index contributed by atoms with van der Waals surface area (Å²) >= 11 is 0. The molecular weight excluding hydrogens is 276 g/mol. The van der Waals surface area contributed by atoms with E-state index in [-0.39, 0.29) is 0 Å². The largest absolute Gasteiger partial charge is 0.0590 e. The molecule has 3 aromatic rings. The minimum absolute atomic E-state index is 1.00. The first kappa shape index (κ1) is 15.6. The summed E-state index contributed by atoms with van der Waals surface area (Å²) in [7, 11) is 0. The fourth-order valence-electron chi connectivity index (χ4n) is 3.04. The van der Waals surface area contributed by atoms with Crippen molar-refractivity contribution >= 4 is 0 Å². The molecule has 0 aromatic heterocycles. The molecule has 3 rings (SSSR count). The van der Waals surface area contributed by atoms with Gasteiger partial charge >= 0.3 is 0 Å². The predicted molar refractivity (Wildman–Crippen MR) is 99.1 cm³/mol. The van der Waals surface area contributed by atoms with Gasteiger partial charge in [-0.15, -0.1) is 0 Å². The Balaban J connectivity index is 1.81. The summed E-state index contributed by atoms with van der Waals surface area (Å²) in [4.78, 5) is 0. The SMILES string of the molecule is Cc1ccc(Cc2cc(C)cc(Cc3ccc(C)cc3)c2)cc1. The summed E-state index contributed by atoms with van der Waals surface area (Å²) in [5, 5.41) is 0. The Bertz CT molecular complexity index is 712. The first-order valence-corrected chi connectivity index (χ1v) is 8.29. The lowest BCUT2D eigenvalue weighted by atomic mass is 9.96. The molecule has 0 unspecified atom stereocenters. The van der Waals surface area contributed by atoms with Gasteiger partial charge in [0.2, 0.25) is 0 Å². The summed E-state index contributed by atoms with van der Waals surface area (Å²) in [6, 6.07) is 24.7. The number of hydrogen-bond acceptors (Lipinski definition) is 0. The van der Waals surface area contributed by atoms with Crippen LogP contribution in [0.4, 0.5) is 0 Å². The zero-order valence-electron chi connectivity index (χ0n) is 14.3. The quantitative estimate of drug-likeness (QED) is 0.572. The Kier molecular flexibility index (Phi) is 4.62. The topological polar surface area (TPSA) is 0 Å². The number of rotatable bonds is 4. The van der Waals surface area contributed by atoms with Gasteiger partial charge in [0.1, 0.15) is 0 Å². The summed E-state index contributed by atoms with van der Waals surface area (Å²) < 4.78 is 0. The highest BCUT2D eigenvalue weighted by molar-refractivity contribution is 5.37. The zero-order valence-corrected chi connectivity index (χ0v) is 14.3. The molecule has 0 saturated heterocycles. The summed E-state index contributed by atoms with van der Waals surface area (Å²) in [6.45, 7) is 6.46. The maximum absolute atomic E-state index is 2.35. The molecular formula is C23H24. The lowest BCUT2D eigenvalue weighted by molar-refractivity contribution is 1.12. The summed E-state index contributed by atoms with van der Waals surface area (Å²) in [6.07, 6.45) is 2.01. The van der Waals surface area contributed by atoms with Crippen molar-refractivity contribution in [2.45, 2.75) is 33.6 Å². The van der Waals surface area contributed by atoms with Gasteiger partial charge in [-0.25, -0.2) is 0 Å². The van der Waals surface area contributed by atoms with Gasteiger partial charge in [-0.05, 0) is 55.9 Å². The molecule has 0 aliphatic carbocycles. The molecule has 0 aliphatic rings. The van der Waals surface area contributed by atoms with Crippen LogP contribution in [-0.4, -0.2) is 0 Å². The van der Waals surface area contributed by atoms with Gasteiger partial charge in [0.15, 0.2) is 0 Å². The number of hydrogen-bond donors (Lipinski definition) is 0. The van der Waals surface area contributed by atoms with Gasteiger partial charge in [-0.2, -0.15) is 0 Å². The van der Waals surface area contributed by atoms with Crippen molar-refractivity contribution < 1.29 is 0 Å². The Morgan fingerprint density at radius 2 is 0.826 bits per heavy atom. The lowest BCUT2D eigenvalue weighted by Gasteiger charge is -2.09. The first-order valence-electron chi connectivity index (χ1n) is 8.29. The molecule has 0 radical (unpaired) electrons. The van der Waals surface area contributed by atoms with Gasteiger partial charge < -0.3 is 0 Å². The Morgan fingerprint density at radius 3 is 1.22 bits per heavy atom. The lowest BCUT2D eigenvalue weighted by Crippen LogP contribution is -1.94. The van der Waals surface area contributed by atoms with Crippen molar-refractivity contribution in [2.24, 2.45) is 0 Å². The second kappa shape index (κ2) is 6.83. The van der Waals surface area contributed by atoms with E-state index in [4.69, 9.17) is 0 Å². The molecule has 0 spiro atoms. The number of aryl methyl sites for hydroxylation is 3. The van der Waals surface area contributed by atoms with Crippen LogP contribution in [0.5, 0.6) is 0 Å². The minimum Gasteiger partial charge on any atom is -0.0590 e. The molecule has 0 amide bonds. The van der Waals surface area contributed by atoms with Crippen molar-refractivity contribution in [3.63, 3.8) is 0 Å². The maximum atomic E-state index is 2.35. The van der Waals surface area contributed by atoms with Crippen LogP contribution in [0, 0.1) is 20.8 Å². The molecule has 0 atom stereocenters. The molecule has 0 heteroatoms. The van der Waals surface area contributed by atoms with Crippen molar-refractivity contribution in [2.75, 3.05) is 0 Å². The van der Waals surface area contributed by atoms with Crippen LogP contribution in [-0.2, 0) is 12.8 Å². The van der Waals surface area contributed by atoms with Crippen LogP contribution in [0.15, 0.2) is 66.7 Å². The van der Waals surface area contributed by atoms with E-state index in [2.05, 4.69) is 87.5 Å². The van der Waals surface area contributed by atoms with Crippen molar-refractivity contribution in [1.82, 2.24) is 0 Å². The summed E-state index contributed by atoms with van der Waals surface area (Å²) in [5.74, 6) is 0. The molecule has 0 nitrogen and oxygen atoms in total. The van der Waals surface area contributed by atoms with Crippen molar-refractivity contribution in [3.8, 4) is 0 Å². The normalized spacial score (nSPS) is 10.7. The molecule has 0 bridgehead atoms. The third-order valence-corrected chi connectivity index (χ3v) is 4.25. The molecule has 0 N–H and O–H groups in total. The van der Waals surface area contributed by atoms with Crippen LogP contribution < -0.4 is 0 Å². The highest BCUT2D eigenvalue weighted by Crippen LogP contribution is 2.18. The smallest absolute Gasteiger partial charge is 0.00256 e. The predicted octanol–water partition coefficient (Wildman–Crippen LogP) is 5.79. The van der Waals surface area contributed by atoms with Crippen molar-refractivity contribution in [3.05, 3.63) is 106 Å². The van der Waals surface area contributed by atoms with E-state index in [0.29, 0.717) is 0 Å². The Hall–Kier alpha value is -2.34. The average molecular weight is 300 g/mol. The standard InChI is InChI=1S/C23H24/c1-17-4-8-20(9-5-17)14-22-12-19(3)13-23(16-22)15-21-10-6-18(2)7-11-21/h4-13,16H,14-15H2,1-3H3. The third kappa shape index (κ3) is 4.32. The first-order chi connectivity index (χ1) is 11.1. The molecule has 116 valence electrons. The fraction of sp³-hybridized carbons (Fsp3) is 0.217. The second-order valence-corrected chi connectivity index (χ2v) is 6.65. The number of benzene rings is 3. The monoisotopic (exact) mass is 300 g/mol. The fourth-order valence-corrected chi connectivity index (χ4v) is 3.04. The molecule has 0 saturated carbocycles. The summed E-state index contributed by atoms with van der Waals surface area (Å²) in [5.41, 5.74) is 9.53. The van der Waals surface area contributed by atoms with E-state index in [1.54, 1.807) is 0 Å². The molecule has 3 aromatic carbocycles. The van der Waals surface area contributed by atoms with Crippen LogP contribution in [0.3, 0.4) is 0 Å². The second-order valence-electron chi connectivity index (χ2n) is 6.65. The highest BCUT2D eigenvalue weighted by atomic mass is 14.1. The van der Waals surface area contributed by atoms with E-state index >= 15 is 0 Å². The molecule has 0 heterocycles. The van der Waals surface area contributed by atoms with E-state index < -0.39 is 0 Å². The van der Waals surface area contributed by atoms with E-state index in [1.165, 1.54) is 38.9 Å². The molecule has 23 heavy (non-hydrogen) atoms. The minimum atomic E-state index is 1.00. The van der Waals surface area contributed by atoms with Gasteiger partial charge in [0.05, 0.1) is 0 Å². The van der Waals surface area contributed by atoms with Gasteiger partial charge in [0.25, 0.3) is 0 Å². The highest BCUT2D eigenvalue weighted by Gasteiger charge is 2.02. The van der Waals surface area contributed by atoms with E-state index in [1.807, 2.05) is 0 Å². The molecule has 0 aliphatic heterocycles. The average Bonchev–Trinajstić information content (AvgIpc) is 2.51. The van der Waals surface area contributed by atoms with Crippen LogP contribution in [0.25, 0.3) is 0 Å².